The van der Waals surface area contributed by atoms with Gasteiger partial charge in [-0.05, 0) is 34.7 Å². The predicted molar refractivity (Wildman–Crippen MR) is 106 cm³/mol. The minimum absolute atomic E-state index is 0.0811. The lowest BCUT2D eigenvalue weighted by molar-refractivity contribution is 0.300. The molecule has 144 valence electrons. The number of ether oxygens (including phenoxy) is 1. The molecule has 0 spiro atoms. The van der Waals surface area contributed by atoms with E-state index in [4.69, 9.17) is 16.3 Å². The van der Waals surface area contributed by atoms with Gasteiger partial charge in [0.1, 0.15) is 12.4 Å². The standard InChI is InChI=1S/C19H23ClN4O3/c1-19(2,3)12-6-8-13(9-7-12)27-11-10-24-14-15(21-17(24)20)22(4)18(26)23(5)16(14)25/h6-9H,10-11H2,1-5H3. The van der Waals surface area contributed by atoms with Crippen LogP contribution in [0.25, 0.3) is 11.2 Å². The molecule has 7 nitrogen and oxygen atoms in total. The molecule has 1 aromatic carbocycles. The quantitative estimate of drug-likeness (QED) is 0.641. The number of hydrogen-bond donors (Lipinski definition) is 0. The van der Waals surface area contributed by atoms with Gasteiger partial charge in [0, 0.05) is 14.1 Å². The Morgan fingerprint density at radius 2 is 1.70 bits per heavy atom. The van der Waals surface area contributed by atoms with Crippen LogP contribution in [0, 0.1) is 0 Å². The third kappa shape index (κ3) is 3.51. The summed E-state index contributed by atoms with van der Waals surface area (Å²) in [5.74, 6) is 0.740. The van der Waals surface area contributed by atoms with Crippen molar-refractivity contribution in [2.45, 2.75) is 32.7 Å². The first-order valence-electron chi connectivity index (χ1n) is 8.66. The normalized spacial score (nSPS) is 11.9. The Hall–Kier alpha value is -2.54. The number of benzene rings is 1. The number of nitrogens with zero attached hydrogens (tertiary/aromatic N) is 4. The fourth-order valence-electron chi connectivity index (χ4n) is 2.93. The van der Waals surface area contributed by atoms with Crippen LogP contribution in [0.2, 0.25) is 5.28 Å². The Morgan fingerprint density at radius 3 is 2.30 bits per heavy atom. The lowest BCUT2D eigenvalue weighted by atomic mass is 9.87. The molecule has 0 saturated heterocycles. The maximum Gasteiger partial charge on any atom is 0.332 e. The molecule has 0 fully saturated rings. The average Bonchev–Trinajstić information content (AvgIpc) is 2.94. The molecule has 0 aliphatic rings. The largest absolute Gasteiger partial charge is 0.492 e. The molecule has 0 unspecified atom stereocenters. The monoisotopic (exact) mass is 390 g/mol. The second-order valence-electron chi connectivity index (χ2n) is 7.53. The molecule has 8 heteroatoms. The number of imidazole rings is 1. The van der Waals surface area contributed by atoms with Gasteiger partial charge in [0.25, 0.3) is 5.56 Å². The highest BCUT2D eigenvalue weighted by molar-refractivity contribution is 6.29. The van der Waals surface area contributed by atoms with Crippen LogP contribution in [0.5, 0.6) is 5.75 Å². The van der Waals surface area contributed by atoms with Crippen LogP contribution in [0.3, 0.4) is 0 Å². The molecular weight excluding hydrogens is 368 g/mol. The van der Waals surface area contributed by atoms with Gasteiger partial charge >= 0.3 is 5.69 Å². The van der Waals surface area contributed by atoms with E-state index in [1.165, 1.54) is 17.2 Å². The van der Waals surface area contributed by atoms with Crippen molar-refractivity contribution in [3.8, 4) is 5.75 Å². The maximum absolute atomic E-state index is 12.5. The zero-order valence-electron chi connectivity index (χ0n) is 16.1. The molecule has 0 aliphatic carbocycles. The van der Waals surface area contributed by atoms with Gasteiger partial charge in [0.15, 0.2) is 11.2 Å². The van der Waals surface area contributed by atoms with Crippen molar-refractivity contribution in [1.29, 1.82) is 0 Å². The van der Waals surface area contributed by atoms with E-state index in [1.807, 2.05) is 24.3 Å². The van der Waals surface area contributed by atoms with E-state index in [-0.39, 0.29) is 21.9 Å². The van der Waals surface area contributed by atoms with Gasteiger partial charge in [-0.15, -0.1) is 0 Å². The molecular formula is C19H23ClN4O3. The minimum atomic E-state index is -0.441. The van der Waals surface area contributed by atoms with Crippen molar-refractivity contribution < 1.29 is 4.74 Å². The molecule has 27 heavy (non-hydrogen) atoms. The van der Waals surface area contributed by atoms with Gasteiger partial charge in [0.2, 0.25) is 5.28 Å². The zero-order chi connectivity index (χ0) is 19.9. The van der Waals surface area contributed by atoms with E-state index in [1.54, 1.807) is 11.6 Å². The summed E-state index contributed by atoms with van der Waals surface area (Å²) >= 11 is 6.20. The van der Waals surface area contributed by atoms with Gasteiger partial charge in [0.05, 0.1) is 6.54 Å². The Labute approximate surface area is 161 Å². The summed E-state index contributed by atoms with van der Waals surface area (Å²) in [6.45, 7) is 7.12. The fraction of sp³-hybridized carbons (Fsp3) is 0.421. The van der Waals surface area contributed by atoms with Crippen molar-refractivity contribution in [2.75, 3.05) is 6.61 Å². The first-order chi connectivity index (χ1) is 12.6. The van der Waals surface area contributed by atoms with Gasteiger partial charge < -0.3 is 9.30 Å². The molecule has 0 atom stereocenters. The molecule has 3 rings (SSSR count). The lowest BCUT2D eigenvalue weighted by Gasteiger charge is -2.19. The summed E-state index contributed by atoms with van der Waals surface area (Å²) in [5, 5.41) is 0.148. The highest BCUT2D eigenvalue weighted by atomic mass is 35.5. The third-order valence-electron chi connectivity index (χ3n) is 4.61. The van der Waals surface area contributed by atoms with Crippen LogP contribution < -0.4 is 16.0 Å². The van der Waals surface area contributed by atoms with Gasteiger partial charge in [-0.1, -0.05) is 32.9 Å². The van der Waals surface area contributed by atoms with Crippen molar-refractivity contribution in [1.82, 2.24) is 18.7 Å². The van der Waals surface area contributed by atoms with Crippen molar-refractivity contribution in [2.24, 2.45) is 14.1 Å². The summed E-state index contributed by atoms with van der Waals surface area (Å²) in [5.41, 5.74) is 0.991. The van der Waals surface area contributed by atoms with Crippen molar-refractivity contribution in [3.63, 3.8) is 0 Å². The number of hydrogen-bond acceptors (Lipinski definition) is 4. The summed E-state index contributed by atoms with van der Waals surface area (Å²) in [4.78, 5) is 28.7. The van der Waals surface area contributed by atoms with E-state index in [9.17, 15) is 9.59 Å². The summed E-state index contributed by atoms with van der Waals surface area (Å²) in [6.07, 6.45) is 0. The number of aromatic nitrogens is 4. The zero-order valence-corrected chi connectivity index (χ0v) is 16.9. The smallest absolute Gasteiger partial charge is 0.332 e. The molecule has 0 radical (unpaired) electrons. The fourth-order valence-corrected chi connectivity index (χ4v) is 3.18. The first kappa shape index (κ1) is 19.2. The summed E-state index contributed by atoms with van der Waals surface area (Å²) < 4.78 is 9.72. The minimum Gasteiger partial charge on any atom is -0.492 e. The third-order valence-corrected chi connectivity index (χ3v) is 4.89. The molecule has 3 aromatic rings. The van der Waals surface area contributed by atoms with Crippen LogP contribution in [-0.4, -0.2) is 25.3 Å². The van der Waals surface area contributed by atoms with E-state index < -0.39 is 11.2 Å². The Bertz CT molecular complexity index is 1100. The van der Waals surface area contributed by atoms with Gasteiger partial charge in [-0.2, -0.15) is 4.98 Å². The summed E-state index contributed by atoms with van der Waals surface area (Å²) in [7, 11) is 2.99. The predicted octanol–water partition coefficient (Wildman–Crippen LogP) is 2.46. The van der Waals surface area contributed by atoms with Crippen LogP contribution in [0.1, 0.15) is 26.3 Å². The van der Waals surface area contributed by atoms with Gasteiger partial charge in [-0.25, -0.2) is 4.79 Å². The molecule has 0 saturated carbocycles. The highest BCUT2D eigenvalue weighted by Gasteiger charge is 2.18. The van der Waals surface area contributed by atoms with Crippen molar-refractivity contribution in [3.05, 3.63) is 56.0 Å². The maximum atomic E-state index is 12.5. The molecule has 0 aliphatic heterocycles. The van der Waals surface area contributed by atoms with E-state index in [0.29, 0.717) is 13.2 Å². The second-order valence-corrected chi connectivity index (χ2v) is 7.87. The Kier molecular flexibility index (Phi) is 4.90. The summed E-state index contributed by atoms with van der Waals surface area (Å²) in [6, 6.07) is 7.94. The Morgan fingerprint density at radius 1 is 1.07 bits per heavy atom. The number of fused-ring (bicyclic) bond motifs is 1. The van der Waals surface area contributed by atoms with Crippen LogP contribution >= 0.6 is 11.6 Å². The average molecular weight is 391 g/mol. The van der Waals surface area contributed by atoms with Gasteiger partial charge in [-0.3, -0.25) is 13.9 Å². The molecule has 0 bridgehead atoms. The number of aryl methyl sites for hydroxylation is 1. The second kappa shape index (κ2) is 6.88. The molecule has 0 N–H and O–H groups in total. The number of halogens is 1. The SMILES string of the molecule is Cn1c(=O)c2c(nc(Cl)n2CCOc2ccc(C(C)(C)C)cc2)n(C)c1=O. The topological polar surface area (TPSA) is 71.0 Å². The Balaban J connectivity index is 1.83. The van der Waals surface area contributed by atoms with E-state index >= 15 is 0 Å². The first-order valence-corrected chi connectivity index (χ1v) is 9.04. The number of rotatable bonds is 4. The molecule has 0 amide bonds. The van der Waals surface area contributed by atoms with Crippen LogP contribution in [0.4, 0.5) is 0 Å². The van der Waals surface area contributed by atoms with E-state index in [0.717, 1.165) is 10.3 Å². The van der Waals surface area contributed by atoms with Crippen molar-refractivity contribution >= 4 is 22.8 Å². The van der Waals surface area contributed by atoms with Crippen LogP contribution in [0.15, 0.2) is 33.9 Å². The van der Waals surface area contributed by atoms with Crippen LogP contribution in [-0.2, 0) is 26.1 Å². The molecule has 2 heterocycles. The lowest BCUT2D eigenvalue weighted by Crippen LogP contribution is -2.37. The highest BCUT2D eigenvalue weighted by Crippen LogP contribution is 2.24. The molecule has 2 aromatic heterocycles. The van der Waals surface area contributed by atoms with E-state index in [2.05, 4.69) is 25.8 Å².